The zero-order valence-electron chi connectivity index (χ0n) is 23.4. The third-order valence-electron chi connectivity index (χ3n) is 7.09. The Labute approximate surface area is 259 Å². The van der Waals surface area contributed by atoms with E-state index in [1.165, 1.54) is 34.1 Å². The van der Waals surface area contributed by atoms with E-state index in [0.29, 0.717) is 59.7 Å². The molecule has 1 amide bonds. The standard InChI is InChI=1S/C33H24ClN3O6S/c1-18-28(30(38)36-21-8-4-3-5-9-21)29(19-7-6-10-22(15-19)42-2)37-31(39)27(44-33(37)35-18)17-23-12-14-26(43-23)24-16-20(32(40)41)11-13-25(24)34/h3-17,29H,1-2H3,(H,36,38)(H,40,41)/b27-17-/t29-/m0/s1. The van der Waals surface area contributed by atoms with Gasteiger partial charge in [-0.05, 0) is 67.1 Å². The monoisotopic (exact) mass is 625 g/mol. The highest BCUT2D eigenvalue weighted by atomic mass is 35.5. The number of thiazole rings is 1. The number of carbonyl (C=O) groups excluding carboxylic acids is 1. The van der Waals surface area contributed by atoms with E-state index in [1.807, 2.05) is 24.3 Å². The first-order valence-corrected chi connectivity index (χ1v) is 14.6. The number of para-hydroxylation sites is 1. The lowest BCUT2D eigenvalue weighted by atomic mass is 9.95. The minimum Gasteiger partial charge on any atom is -0.497 e. The first-order valence-electron chi connectivity index (χ1n) is 13.4. The molecule has 3 heterocycles. The molecule has 9 nitrogen and oxygen atoms in total. The van der Waals surface area contributed by atoms with Crippen molar-refractivity contribution < 1.29 is 23.8 Å². The number of amides is 1. The Hall–Kier alpha value is -5.19. The number of nitrogens with one attached hydrogen (secondary N) is 1. The number of rotatable bonds is 7. The number of fused-ring (bicyclic) bond motifs is 1. The van der Waals surface area contributed by atoms with E-state index in [-0.39, 0.29) is 17.0 Å². The van der Waals surface area contributed by atoms with Gasteiger partial charge in [0.15, 0.2) is 4.80 Å². The number of hydrogen-bond donors (Lipinski definition) is 2. The predicted octanol–water partition coefficient (Wildman–Crippen LogP) is 5.49. The molecule has 0 spiro atoms. The second-order valence-electron chi connectivity index (χ2n) is 9.88. The number of furan rings is 1. The Balaban J connectivity index is 1.45. The molecule has 2 N–H and O–H groups in total. The molecule has 0 saturated heterocycles. The maximum absolute atomic E-state index is 14.0. The number of nitrogens with zero attached hydrogens (tertiary/aromatic N) is 2. The van der Waals surface area contributed by atoms with Gasteiger partial charge < -0.3 is 19.6 Å². The highest BCUT2D eigenvalue weighted by Crippen LogP contribution is 2.33. The fraction of sp³-hybridized carbons (Fsp3) is 0.0909. The number of anilines is 1. The molecule has 0 aliphatic carbocycles. The molecule has 3 aromatic carbocycles. The average Bonchev–Trinajstić information content (AvgIpc) is 3.60. The molecule has 5 aromatic rings. The Bertz CT molecular complexity index is 2150. The van der Waals surface area contributed by atoms with Gasteiger partial charge in [0.1, 0.15) is 17.3 Å². The first-order chi connectivity index (χ1) is 21.2. The van der Waals surface area contributed by atoms with E-state index < -0.39 is 12.0 Å². The second-order valence-corrected chi connectivity index (χ2v) is 11.3. The fourth-order valence-electron chi connectivity index (χ4n) is 5.01. The van der Waals surface area contributed by atoms with Crippen LogP contribution < -0.4 is 24.9 Å². The lowest BCUT2D eigenvalue weighted by Crippen LogP contribution is -2.40. The van der Waals surface area contributed by atoms with E-state index in [4.69, 9.17) is 20.8 Å². The number of halogens is 1. The molecule has 6 rings (SSSR count). The van der Waals surface area contributed by atoms with Crippen LogP contribution in [0.15, 0.2) is 110 Å². The summed E-state index contributed by atoms with van der Waals surface area (Å²) in [6.07, 6.45) is 1.59. The molecular weight excluding hydrogens is 602 g/mol. The van der Waals surface area contributed by atoms with Gasteiger partial charge in [0.05, 0.1) is 39.5 Å². The van der Waals surface area contributed by atoms with Crippen molar-refractivity contribution in [1.29, 1.82) is 0 Å². The smallest absolute Gasteiger partial charge is 0.335 e. The quantitative estimate of drug-likeness (QED) is 0.246. The van der Waals surface area contributed by atoms with Crippen LogP contribution in [-0.4, -0.2) is 28.7 Å². The van der Waals surface area contributed by atoms with Crippen molar-refractivity contribution in [2.45, 2.75) is 13.0 Å². The van der Waals surface area contributed by atoms with Crippen LogP contribution in [0.5, 0.6) is 5.75 Å². The molecule has 1 aliphatic rings. The van der Waals surface area contributed by atoms with Gasteiger partial charge in [0, 0.05) is 17.3 Å². The first kappa shape index (κ1) is 28.9. The van der Waals surface area contributed by atoms with Gasteiger partial charge >= 0.3 is 5.97 Å². The van der Waals surface area contributed by atoms with E-state index in [0.717, 1.165) is 0 Å². The van der Waals surface area contributed by atoms with E-state index in [9.17, 15) is 19.5 Å². The van der Waals surface area contributed by atoms with Crippen LogP contribution >= 0.6 is 22.9 Å². The van der Waals surface area contributed by atoms with Crippen LogP contribution in [0.3, 0.4) is 0 Å². The molecule has 1 atom stereocenters. The maximum Gasteiger partial charge on any atom is 0.335 e. The number of aromatic carboxylic acids is 1. The molecule has 44 heavy (non-hydrogen) atoms. The van der Waals surface area contributed by atoms with E-state index in [1.54, 1.807) is 62.6 Å². The zero-order valence-corrected chi connectivity index (χ0v) is 25.0. The summed E-state index contributed by atoms with van der Waals surface area (Å²) in [5.74, 6) is -0.181. The van der Waals surface area contributed by atoms with Gasteiger partial charge in [-0.3, -0.25) is 14.2 Å². The number of carboxylic acid groups (broad SMARTS) is 1. The number of carboxylic acids is 1. The molecule has 220 valence electrons. The Morgan fingerprint density at radius 3 is 2.61 bits per heavy atom. The van der Waals surface area contributed by atoms with Crippen LogP contribution in [0.1, 0.15) is 34.6 Å². The molecule has 0 bridgehead atoms. The lowest BCUT2D eigenvalue weighted by molar-refractivity contribution is -0.113. The molecule has 11 heteroatoms. The largest absolute Gasteiger partial charge is 0.497 e. The maximum atomic E-state index is 14.0. The number of ether oxygens (including phenoxy) is 1. The highest BCUT2D eigenvalue weighted by molar-refractivity contribution is 7.07. The molecule has 0 radical (unpaired) electrons. The van der Waals surface area contributed by atoms with Crippen LogP contribution in [0.25, 0.3) is 17.4 Å². The molecule has 1 aliphatic heterocycles. The van der Waals surface area contributed by atoms with Crippen molar-refractivity contribution in [3.63, 3.8) is 0 Å². The zero-order chi connectivity index (χ0) is 31.0. The third kappa shape index (κ3) is 5.48. The molecule has 0 saturated carbocycles. The Morgan fingerprint density at radius 1 is 1.07 bits per heavy atom. The molecule has 0 fully saturated rings. The lowest BCUT2D eigenvalue weighted by Gasteiger charge is -2.25. The molecule has 2 aromatic heterocycles. The second kappa shape index (κ2) is 11.8. The Kier molecular flexibility index (Phi) is 7.77. The van der Waals surface area contributed by atoms with Crippen LogP contribution in [-0.2, 0) is 4.79 Å². The van der Waals surface area contributed by atoms with Crippen molar-refractivity contribution in [3.8, 4) is 17.1 Å². The number of methoxy groups -OCH3 is 1. The fourth-order valence-corrected chi connectivity index (χ4v) is 6.25. The molecular formula is C33H24ClN3O6S. The van der Waals surface area contributed by atoms with Crippen molar-refractivity contribution in [3.05, 3.63) is 138 Å². The Morgan fingerprint density at radius 2 is 1.86 bits per heavy atom. The summed E-state index contributed by atoms with van der Waals surface area (Å²) in [4.78, 5) is 44.3. The van der Waals surface area contributed by atoms with Gasteiger partial charge in [0.25, 0.3) is 11.5 Å². The summed E-state index contributed by atoms with van der Waals surface area (Å²) < 4.78 is 13.3. The van der Waals surface area contributed by atoms with Gasteiger partial charge in [-0.1, -0.05) is 53.3 Å². The number of allylic oxidation sites excluding steroid dienone is 1. The SMILES string of the molecule is COc1cccc([C@H]2C(C(=O)Nc3ccccc3)=C(C)N=c3s/c(=C\c4ccc(-c5cc(C(=O)O)ccc5Cl)o4)c(=O)n32)c1. The topological polar surface area (TPSA) is 123 Å². The number of aromatic nitrogens is 1. The van der Waals surface area contributed by atoms with Gasteiger partial charge in [-0.25, -0.2) is 9.79 Å². The summed E-state index contributed by atoms with van der Waals surface area (Å²) in [6, 6.07) is 23.2. The molecule has 0 unspecified atom stereocenters. The van der Waals surface area contributed by atoms with Crippen molar-refractivity contribution in [1.82, 2.24) is 4.57 Å². The minimum atomic E-state index is -1.09. The number of carbonyl (C=O) groups is 2. The third-order valence-corrected chi connectivity index (χ3v) is 8.40. The highest BCUT2D eigenvalue weighted by Gasteiger charge is 2.33. The van der Waals surface area contributed by atoms with Gasteiger partial charge in [-0.2, -0.15) is 0 Å². The summed E-state index contributed by atoms with van der Waals surface area (Å²) >= 11 is 7.49. The van der Waals surface area contributed by atoms with Crippen LogP contribution in [0.2, 0.25) is 5.02 Å². The van der Waals surface area contributed by atoms with Crippen molar-refractivity contribution >= 4 is 46.6 Å². The summed E-state index contributed by atoms with van der Waals surface area (Å²) in [6.45, 7) is 1.75. The van der Waals surface area contributed by atoms with E-state index >= 15 is 0 Å². The van der Waals surface area contributed by atoms with Crippen LogP contribution in [0, 0.1) is 0 Å². The normalized spacial score (nSPS) is 14.6. The predicted molar refractivity (Wildman–Crippen MR) is 168 cm³/mol. The number of hydrogen-bond acceptors (Lipinski definition) is 7. The van der Waals surface area contributed by atoms with Gasteiger partial charge in [0.2, 0.25) is 0 Å². The number of benzene rings is 3. The van der Waals surface area contributed by atoms with E-state index in [2.05, 4.69) is 10.3 Å². The summed E-state index contributed by atoms with van der Waals surface area (Å²) in [5, 5.41) is 12.6. The summed E-state index contributed by atoms with van der Waals surface area (Å²) in [5.41, 5.74) is 2.22. The van der Waals surface area contributed by atoms with Crippen molar-refractivity contribution in [2.24, 2.45) is 4.99 Å². The van der Waals surface area contributed by atoms with Gasteiger partial charge in [-0.15, -0.1) is 0 Å². The van der Waals surface area contributed by atoms with Crippen molar-refractivity contribution in [2.75, 3.05) is 12.4 Å². The summed E-state index contributed by atoms with van der Waals surface area (Å²) in [7, 11) is 1.55. The van der Waals surface area contributed by atoms with Crippen LogP contribution in [0.4, 0.5) is 5.69 Å². The average molecular weight is 626 g/mol. The minimum absolute atomic E-state index is 0.0654.